The molecule has 1 fully saturated rings. The number of piperazine rings is 1. The van der Waals surface area contributed by atoms with Gasteiger partial charge in [0.1, 0.15) is 6.33 Å². The number of hydrogen-bond donors (Lipinski definition) is 2. The molecule has 2 heterocycles. The van der Waals surface area contributed by atoms with E-state index in [2.05, 4.69) is 32.7 Å². The summed E-state index contributed by atoms with van der Waals surface area (Å²) in [5, 5.41) is 16.4. The highest BCUT2D eigenvalue weighted by Crippen LogP contribution is 2.29. The van der Waals surface area contributed by atoms with E-state index in [0.717, 1.165) is 32.6 Å². The van der Waals surface area contributed by atoms with E-state index in [4.69, 9.17) is 0 Å². The fraction of sp³-hybridized carbons (Fsp3) is 0.692. The zero-order chi connectivity index (χ0) is 16.1. The van der Waals surface area contributed by atoms with Crippen molar-refractivity contribution in [3.05, 3.63) is 16.4 Å². The van der Waals surface area contributed by atoms with Crippen LogP contribution < -0.4 is 10.7 Å². The minimum Gasteiger partial charge on any atom is -0.362 e. The van der Waals surface area contributed by atoms with Crippen molar-refractivity contribution in [1.82, 2.24) is 19.9 Å². The Kier molecular flexibility index (Phi) is 5.45. The van der Waals surface area contributed by atoms with Gasteiger partial charge in [-0.25, -0.2) is 15.0 Å². The van der Waals surface area contributed by atoms with Crippen molar-refractivity contribution in [1.29, 1.82) is 0 Å². The van der Waals surface area contributed by atoms with Crippen molar-refractivity contribution < 1.29 is 4.92 Å². The number of anilines is 2. The highest BCUT2D eigenvalue weighted by molar-refractivity contribution is 5.69. The SMILES string of the molecule is CCC(C)Nc1ncnc(NN2CCN(C)CC2)c1[N+](=O)[O-]. The van der Waals surface area contributed by atoms with E-state index in [9.17, 15) is 10.1 Å². The zero-order valence-electron chi connectivity index (χ0n) is 13.2. The first-order chi connectivity index (χ1) is 10.5. The van der Waals surface area contributed by atoms with E-state index in [-0.39, 0.29) is 23.4 Å². The zero-order valence-corrected chi connectivity index (χ0v) is 13.2. The van der Waals surface area contributed by atoms with Crippen molar-refractivity contribution in [2.24, 2.45) is 0 Å². The van der Waals surface area contributed by atoms with Gasteiger partial charge in [0.15, 0.2) is 0 Å². The van der Waals surface area contributed by atoms with Crippen LogP contribution in [0.1, 0.15) is 20.3 Å². The van der Waals surface area contributed by atoms with Gasteiger partial charge in [0.2, 0.25) is 11.6 Å². The molecule has 0 bridgehead atoms. The molecular weight excluding hydrogens is 286 g/mol. The maximum atomic E-state index is 11.4. The molecule has 1 aliphatic rings. The Bertz CT molecular complexity index is 517. The third kappa shape index (κ3) is 4.01. The van der Waals surface area contributed by atoms with Gasteiger partial charge >= 0.3 is 5.69 Å². The molecule has 2 N–H and O–H groups in total. The van der Waals surface area contributed by atoms with E-state index in [1.807, 2.05) is 18.9 Å². The highest BCUT2D eigenvalue weighted by Gasteiger charge is 2.25. The van der Waals surface area contributed by atoms with Gasteiger partial charge in [0.25, 0.3) is 0 Å². The molecule has 122 valence electrons. The van der Waals surface area contributed by atoms with Crippen LogP contribution in [0.5, 0.6) is 0 Å². The predicted octanol–water partition coefficient (Wildman–Crippen LogP) is 1.17. The lowest BCUT2D eigenvalue weighted by molar-refractivity contribution is -0.383. The number of nitrogens with zero attached hydrogens (tertiary/aromatic N) is 5. The molecule has 0 saturated carbocycles. The van der Waals surface area contributed by atoms with Gasteiger partial charge in [-0.3, -0.25) is 15.5 Å². The van der Waals surface area contributed by atoms with Crippen LogP contribution >= 0.6 is 0 Å². The summed E-state index contributed by atoms with van der Waals surface area (Å²) in [6.45, 7) is 7.35. The summed E-state index contributed by atoms with van der Waals surface area (Å²) in [6, 6.07) is 0.102. The predicted molar refractivity (Wildman–Crippen MR) is 84.8 cm³/mol. The number of rotatable bonds is 6. The van der Waals surface area contributed by atoms with Crippen LogP contribution in [0.3, 0.4) is 0 Å². The summed E-state index contributed by atoms with van der Waals surface area (Å²) in [5.74, 6) is 0.487. The summed E-state index contributed by atoms with van der Waals surface area (Å²) in [5.41, 5.74) is 2.95. The molecule has 1 aromatic heterocycles. The quantitative estimate of drug-likeness (QED) is 0.597. The van der Waals surface area contributed by atoms with E-state index in [1.165, 1.54) is 6.33 Å². The Morgan fingerprint density at radius 2 is 1.95 bits per heavy atom. The van der Waals surface area contributed by atoms with Crippen molar-refractivity contribution >= 4 is 17.3 Å². The number of hydrazine groups is 1. The molecule has 0 radical (unpaired) electrons. The van der Waals surface area contributed by atoms with E-state index in [1.54, 1.807) is 0 Å². The summed E-state index contributed by atoms with van der Waals surface area (Å²) in [7, 11) is 2.05. The summed E-state index contributed by atoms with van der Waals surface area (Å²) >= 11 is 0. The second kappa shape index (κ2) is 7.32. The average Bonchev–Trinajstić information content (AvgIpc) is 2.49. The fourth-order valence-electron chi connectivity index (χ4n) is 2.14. The van der Waals surface area contributed by atoms with Gasteiger partial charge in [-0.05, 0) is 20.4 Å². The summed E-state index contributed by atoms with van der Waals surface area (Å²) in [4.78, 5) is 21.3. The number of hydrogen-bond acceptors (Lipinski definition) is 8. The lowest BCUT2D eigenvalue weighted by atomic mass is 10.2. The largest absolute Gasteiger partial charge is 0.362 e. The summed E-state index contributed by atoms with van der Waals surface area (Å²) in [6.07, 6.45) is 2.19. The van der Waals surface area contributed by atoms with Crippen LogP contribution in [0.25, 0.3) is 0 Å². The number of nitrogens with one attached hydrogen (secondary N) is 2. The van der Waals surface area contributed by atoms with E-state index < -0.39 is 4.92 Å². The Hall–Kier alpha value is -2.00. The topological polar surface area (TPSA) is 99.5 Å². The number of aromatic nitrogens is 2. The standard InChI is InChI=1S/C13H23N7O2/c1-4-10(2)16-12-11(20(21)22)13(15-9-14-12)17-19-7-5-18(3)6-8-19/h9-10H,4-8H2,1-3H3,(H2,14,15,16,17). The molecule has 0 aromatic carbocycles. The fourth-order valence-corrected chi connectivity index (χ4v) is 2.14. The summed E-state index contributed by atoms with van der Waals surface area (Å²) < 4.78 is 0. The molecule has 1 saturated heterocycles. The second-order valence-electron chi connectivity index (χ2n) is 5.53. The van der Waals surface area contributed by atoms with Crippen LogP contribution in [-0.4, -0.2) is 64.1 Å². The minimum atomic E-state index is -0.441. The molecule has 0 amide bonds. The van der Waals surface area contributed by atoms with Gasteiger partial charge in [0, 0.05) is 32.2 Å². The molecular formula is C13H23N7O2. The number of likely N-dealkylation sites (N-methyl/N-ethyl adjacent to an activating group) is 1. The van der Waals surface area contributed by atoms with E-state index in [0.29, 0.717) is 0 Å². The van der Waals surface area contributed by atoms with Gasteiger partial charge in [-0.1, -0.05) is 6.92 Å². The molecule has 0 spiro atoms. The van der Waals surface area contributed by atoms with Crippen LogP contribution in [0.15, 0.2) is 6.33 Å². The molecule has 22 heavy (non-hydrogen) atoms. The molecule has 1 aromatic rings. The Morgan fingerprint density at radius 1 is 1.32 bits per heavy atom. The van der Waals surface area contributed by atoms with Crippen LogP contribution in [-0.2, 0) is 0 Å². The Morgan fingerprint density at radius 3 is 2.55 bits per heavy atom. The molecule has 1 unspecified atom stereocenters. The van der Waals surface area contributed by atoms with E-state index >= 15 is 0 Å². The van der Waals surface area contributed by atoms with Crippen LogP contribution in [0.2, 0.25) is 0 Å². The first-order valence-electron chi connectivity index (χ1n) is 7.47. The van der Waals surface area contributed by atoms with Crippen molar-refractivity contribution in [2.75, 3.05) is 44.0 Å². The molecule has 2 rings (SSSR count). The van der Waals surface area contributed by atoms with Gasteiger partial charge < -0.3 is 10.2 Å². The smallest absolute Gasteiger partial charge is 0.354 e. The average molecular weight is 309 g/mol. The van der Waals surface area contributed by atoms with Crippen LogP contribution in [0.4, 0.5) is 17.3 Å². The van der Waals surface area contributed by atoms with Gasteiger partial charge in [-0.15, -0.1) is 0 Å². The maximum Gasteiger partial charge on any atom is 0.354 e. The Labute approximate surface area is 129 Å². The minimum absolute atomic E-state index is 0.102. The molecule has 0 aliphatic carbocycles. The second-order valence-corrected chi connectivity index (χ2v) is 5.53. The van der Waals surface area contributed by atoms with Crippen molar-refractivity contribution in [3.63, 3.8) is 0 Å². The molecule has 1 atom stereocenters. The monoisotopic (exact) mass is 309 g/mol. The third-order valence-electron chi connectivity index (χ3n) is 3.77. The lowest BCUT2D eigenvalue weighted by Gasteiger charge is -2.32. The molecule has 9 nitrogen and oxygen atoms in total. The first kappa shape index (κ1) is 16.4. The van der Waals surface area contributed by atoms with Crippen LogP contribution in [0, 0.1) is 10.1 Å². The third-order valence-corrected chi connectivity index (χ3v) is 3.77. The molecule has 1 aliphatic heterocycles. The van der Waals surface area contributed by atoms with Crippen molar-refractivity contribution in [3.8, 4) is 0 Å². The lowest BCUT2D eigenvalue weighted by Crippen LogP contribution is -2.47. The molecule has 9 heteroatoms. The first-order valence-corrected chi connectivity index (χ1v) is 7.47. The Balaban J connectivity index is 2.19. The van der Waals surface area contributed by atoms with Gasteiger partial charge in [-0.2, -0.15) is 0 Å². The number of nitro groups is 1. The normalized spacial score (nSPS) is 18.0. The van der Waals surface area contributed by atoms with Crippen molar-refractivity contribution in [2.45, 2.75) is 26.3 Å². The maximum absolute atomic E-state index is 11.4. The highest BCUT2D eigenvalue weighted by atomic mass is 16.6. The van der Waals surface area contributed by atoms with Gasteiger partial charge in [0.05, 0.1) is 4.92 Å².